The van der Waals surface area contributed by atoms with E-state index in [-0.39, 0.29) is 0 Å². The molecule has 106 valence electrons. The topological polar surface area (TPSA) is 37.3 Å². The second-order valence-electron chi connectivity index (χ2n) is 5.51. The molecule has 22 heavy (non-hydrogen) atoms. The number of hydrogen-bond acceptors (Lipinski definition) is 1. The van der Waals surface area contributed by atoms with Gasteiger partial charge in [-0.2, -0.15) is 0 Å². The molecule has 0 bridgehead atoms. The van der Waals surface area contributed by atoms with Crippen molar-refractivity contribution in [1.29, 1.82) is 0 Å². The van der Waals surface area contributed by atoms with Gasteiger partial charge in [-0.1, -0.05) is 78.9 Å². The van der Waals surface area contributed by atoms with Crippen molar-refractivity contribution in [2.75, 3.05) is 0 Å². The Kier molecular flexibility index (Phi) is 2.67. The van der Waals surface area contributed by atoms with Crippen LogP contribution < -0.4 is 0 Å². The number of carbonyl (C=O) groups is 1. The van der Waals surface area contributed by atoms with Gasteiger partial charge in [0.1, 0.15) is 5.41 Å². The van der Waals surface area contributed by atoms with Gasteiger partial charge in [-0.3, -0.25) is 4.79 Å². The molecule has 1 aliphatic rings. The van der Waals surface area contributed by atoms with Gasteiger partial charge in [0.25, 0.3) is 0 Å². The van der Waals surface area contributed by atoms with Crippen LogP contribution in [0.1, 0.15) is 16.7 Å². The molecular weight excluding hydrogens is 272 g/mol. The summed E-state index contributed by atoms with van der Waals surface area (Å²) in [5.74, 6) is -0.837. The maximum absolute atomic E-state index is 12.4. The molecule has 4 rings (SSSR count). The molecule has 0 fully saturated rings. The molecule has 0 unspecified atom stereocenters. The van der Waals surface area contributed by atoms with Gasteiger partial charge >= 0.3 is 5.97 Å². The van der Waals surface area contributed by atoms with Gasteiger partial charge in [-0.25, -0.2) is 0 Å². The predicted molar refractivity (Wildman–Crippen MR) is 85.8 cm³/mol. The Morgan fingerprint density at radius 2 is 1.14 bits per heavy atom. The first-order valence-corrected chi connectivity index (χ1v) is 7.24. The molecule has 0 aromatic heterocycles. The lowest BCUT2D eigenvalue weighted by atomic mass is 9.72. The summed E-state index contributed by atoms with van der Waals surface area (Å²) >= 11 is 0. The zero-order chi connectivity index (χ0) is 15.2. The molecule has 2 nitrogen and oxygen atoms in total. The maximum Gasteiger partial charge on any atom is 0.323 e. The summed E-state index contributed by atoms with van der Waals surface area (Å²) in [5.41, 5.74) is 3.35. The minimum Gasteiger partial charge on any atom is -0.480 e. The molecule has 0 spiro atoms. The Labute approximate surface area is 128 Å². The Hall–Kier alpha value is -2.87. The molecule has 1 N–H and O–H groups in total. The summed E-state index contributed by atoms with van der Waals surface area (Å²) in [5, 5.41) is 10.2. The van der Waals surface area contributed by atoms with Crippen molar-refractivity contribution >= 4 is 5.97 Å². The van der Waals surface area contributed by atoms with Crippen LogP contribution in [0.15, 0.2) is 78.9 Å². The largest absolute Gasteiger partial charge is 0.480 e. The summed E-state index contributed by atoms with van der Waals surface area (Å²) in [6, 6.07) is 25.1. The number of carboxylic acids is 1. The summed E-state index contributed by atoms with van der Waals surface area (Å²) in [6.45, 7) is 0. The third kappa shape index (κ3) is 1.47. The molecule has 0 saturated carbocycles. The normalized spacial score (nSPS) is 14.2. The van der Waals surface area contributed by atoms with E-state index in [1.165, 1.54) is 0 Å². The van der Waals surface area contributed by atoms with Gasteiger partial charge < -0.3 is 5.11 Å². The Bertz CT molecular complexity index is 820. The molecule has 0 saturated heterocycles. The highest BCUT2D eigenvalue weighted by molar-refractivity contribution is 6.00. The fraction of sp³-hybridized carbons (Fsp3) is 0.0500. The number of carboxylic acid groups (broad SMARTS) is 1. The van der Waals surface area contributed by atoms with Crippen molar-refractivity contribution < 1.29 is 9.90 Å². The van der Waals surface area contributed by atoms with E-state index in [1.54, 1.807) is 0 Å². The molecule has 3 aromatic carbocycles. The van der Waals surface area contributed by atoms with Gasteiger partial charge in [-0.15, -0.1) is 0 Å². The summed E-state index contributed by atoms with van der Waals surface area (Å²) < 4.78 is 0. The van der Waals surface area contributed by atoms with E-state index >= 15 is 0 Å². The van der Waals surface area contributed by atoms with Crippen LogP contribution in [0.2, 0.25) is 0 Å². The minimum atomic E-state index is -1.13. The van der Waals surface area contributed by atoms with Crippen LogP contribution in [-0.4, -0.2) is 11.1 Å². The predicted octanol–water partition coefficient (Wildman–Crippen LogP) is 4.09. The Balaban J connectivity index is 2.18. The molecule has 2 heteroatoms. The first kappa shape index (κ1) is 12.8. The number of rotatable bonds is 2. The van der Waals surface area contributed by atoms with Crippen molar-refractivity contribution in [3.63, 3.8) is 0 Å². The molecule has 0 atom stereocenters. The number of hydrogen-bond donors (Lipinski definition) is 1. The zero-order valence-corrected chi connectivity index (χ0v) is 11.9. The highest BCUT2D eigenvalue weighted by Crippen LogP contribution is 2.52. The van der Waals surface area contributed by atoms with E-state index < -0.39 is 11.4 Å². The van der Waals surface area contributed by atoms with E-state index in [9.17, 15) is 9.90 Å². The maximum atomic E-state index is 12.4. The van der Waals surface area contributed by atoms with Crippen LogP contribution in [0.3, 0.4) is 0 Å². The van der Waals surface area contributed by atoms with Crippen molar-refractivity contribution in [2.24, 2.45) is 0 Å². The molecule has 1 aliphatic carbocycles. The highest BCUT2D eigenvalue weighted by atomic mass is 16.4. The summed E-state index contributed by atoms with van der Waals surface area (Å²) in [6.07, 6.45) is 0. The molecule has 0 radical (unpaired) electrons. The SMILES string of the molecule is O=C(O)C1(c2ccccc2)c2ccccc2-c2ccccc21. The summed E-state index contributed by atoms with van der Waals surface area (Å²) in [4.78, 5) is 12.4. The molecule has 0 heterocycles. The van der Waals surface area contributed by atoms with Crippen LogP contribution in [0.5, 0.6) is 0 Å². The van der Waals surface area contributed by atoms with Crippen LogP contribution in [-0.2, 0) is 10.2 Å². The second-order valence-corrected chi connectivity index (χ2v) is 5.51. The lowest BCUT2D eigenvalue weighted by molar-refractivity contribution is -0.140. The van der Waals surface area contributed by atoms with Gasteiger partial charge in [0, 0.05) is 0 Å². The zero-order valence-electron chi connectivity index (χ0n) is 11.9. The first-order valence-electron chi connectivity index (χ1n) is 7.24. The van der Waals surface area contributed by atoms with Crippen LogP contribution in [0.25, 0.3) is 11.1 Å². The Morgan fingerprint density at radius 3 is 1.64 bits per heavy atom. The van der Waals surface area contributed by atoms with E-state index in [2.05, 4.69) is 0 Å². The lowest BCUT2D eigenvalue weighted by Crippen LogP contribution is -2.36. The van der Waals surface area contributed by atoms with Gasteiger partial charge in [0.2, 0.25) is 0 Å². The van der Waals surface area contributed by atoms with Crippen LogP contribution in [0.4, 0.5) is 0 Å². The smallest absolute Gasteiger partial charge is 0.323 e. The molecular formula is C20H14O2. The van der Waals surface area contributed by atoms with Crippen molar-refractivity contribution in [1.82, 2.24) is 0 Å². The van der Waals surface area contributed by atoms with E-state index in [1.807, 2.05) is 78.9 Å². The standard InChI is InChI=1S/C20H14O2/c21-19(22)20(14-8-2-1-3-9-14)17-12-6-4-10-15(17)16-11-5-7-13-18(16)20/h1-13H,(H,21,22). The van der Waals surface area contributed by atoms with Crippen molar-refractivity contribution in [3.8, 4) is 11.1 Å². The Morgan fingerprint density at radius 1 is 0.682 bits per heavy atom. The molecule has 0 amide bonds. The average molecular weight is 286 g/mol. The summed E-state index contributed by atoms with van der Waals surface area (Å²) in [7, 11) is 0. The monoisotopic (exact) mass is 286 g/mol. The van der Waals surface area contributed by atoms with Gasteiger partial charge in [-0.05, 0) is 27.8 Å². The molecule has 3 aromatic rings. The van der Waals surface area contributed by atoms with Crippen LogP contribution >= 0.6 is 0 Å². The van der Waals surface area contributed by atoms with E-state index in [0.717, 1.165) is 27.8 Å². The quantitative estimate of drug-likeness (QED) is 0.770. The van der Waals surface area contributed by atoms with Crippen molar-refractivity contribution in [3.05, 3.63) is 95.6 Å². The van der Waals surface area contributed by atoms with E-state index in [0.29, 0.717) is 0 Å². The second kappa shape index (κ2) is 4.57. The van der Waals surface area contributed by atoms with Gasteiger partial charge in [0.05, 0.1) is 0 Å². The number of aliphatic carboxylic acids is 1. The first-order chi connectivity index (χ1) is 10.8. The van der Waals surface area contributed by atoms with Crippen molar-refractivity contribution in [2.45, 2.75) is 5.41 Å². The van der Waals surface area contributed by atoms with E-state index in [4.69, 9.17) is 0 Å². The fourth-order valence-corrected chi connectivity index (χ4v) is 3.59. The number of fused-ring (bicyclic) bond motifs is 3. The third-order valence-corrected chi connectivity index (χ3v) is 4.48. The number of benzene rings is 3. The van der Waals surface area contributed by atoms with Crippen LogP contribution in [0, 0.1) is 0 Å². The fourth-order valence-electron chi connectivity index (χ4n) is 3.59. The third-order valence-electron chi connectivity index (χ3n) is 4.48. The average Bonchev–Trinajstić information content (AvgIpc) is 2.87. The highest BCUT2D eigenvalue weighted by Gasteiger charge is 2.50. The minimum absolute atomic E-state index is 0.792. The van der Waals surface area contributed by atoms with Gasteiger partial charge in [0.15, 0.2) is 0 Å². The molecule has 0 aliphatic heterocycles. The lowest BCUT2D eigenvalue weighted by Gasteiger charge is -2.28.